The molecule has 3 heterocycles. The molecule has 2 aromatic rings. The molecular formula is C24H35N5O2. The fourth-order valence-electron chi connectivity index (χ4n) is 5.35. The van der Waals surface area contributed by atoms with Gasteiger partial charge in [0.1, 0.15) is 6.10 Å². The minimum absolute atomic E-state index is 0.245. The molecule has 0 spiro atoms. The maximum absolute atomic E-state index is 6.22. The van der Waals surface area contributed by atoms with Crippen molar-refractivity contribution in [1.29, 1.82) is 0 Å². The molecule has 3 fully saturated rings. The van der Waals surface area contributed by atoms with E-state index < -0.39 is 0 Å². The highest BCUT2D eigenvalue weighted by molar-refractivity contribution is 5.60. The SMILES string of the molecule is c1cnc(OC2CCCCC2)c(-c2noc(CN3CCN(C4CCCCC4)CC3)n2)c1. The summed E-state index contributed by atoms with van der Waals surface area (Å²) >= 11 is 0. The van der Waals surface area contributed by atoms with Crippen molar-refractivity contribution in [1.82, 2.24) is 24.9 Å². The van der Waals surface area contributed by atoms with Crippen LogP contribution in [0.3, 0.4) is 0 Å². The molecule has 0 atom stereocenters. The van der Waals surface area contributed by atoms with Crippen molar-refractivity contribution in [3.05, 3.63) is 24.2 Å². The number of hydrogen-bond acceptors (Lipinski definition) is 7. The molecule has 5 rings (SSSR count). The highest BCUT2D eigenvalue weighted by Gasteiger charge is 2.26. The summed E-state index contributed by atoms with van der Waals surface area (Å²) in [6.07, 6.45) is 14.9. The predicted molar refractivity (Wildman–Crippen MR) is 119 cm³/mol. The number of nitrogens with zero attached hydrogens (tertiary/aromatic N) is 5. The van der Waals surface area contributed by atoms with Gasteiger partial charge in [0.15, 0.2) is 0 Å². The summed E-state index contributed by atoms with van der Waals surface area (Å²) < 4.78 is 11.8. The highest BCUT2D eigenvalue weighted by Crippen LogP contribution is 2.30. The van der Waals surface area contributed by atoms with Gasteiger partial charge in [-0.05, 0) is 50.7 Å². The topological polar surface area (TPSA) is 67.5 Å². The molecule has 31 heavy (non-hydrogen) atoms. The summed E-state index contributed by atoms with van der Waals surface area (Å²) in [6.45, 7) is 5.14. The summed E-state index contributed by atoms with van der Waals surface area (Å²) in [5.41, 5.74) is 0.824. The van der Waals surface area contributed by atoms with Gasteiger partial charge in [-0.1, -0.05) is 30.8 Å². The zero-order chi connectivity index (χ0) is 20.9. The Morgan fingerprint density at radius 3 is 2.45 bits per heavy atom. The van der Waals surface area contributed by atoms with E-state index in [4.69, 9.17) is 9.26 Å². The Labute approximate surface area is 185 Å². The first-order chi connectivity index (χ1) is 15.3. The lowest BCUT2D eigenvalue weighted by molar-refractivity contribution is 0.0702. The van der Waals surface area contributed by atoms with Gasteiger partial charge in [-0.2, -0.15) is 4.98 Å². The Hall–Kier alpha value is -1.99. The zero-order valence-corrected chi connectivity index (χ0v) is 18.5. The summed E-state index contributed by atoms with van der Waals surface area (Å²) in [7, 11) is 0. The van der Waals surface area contributed by atoms with Gasteiger partial charge >= 0.3 is 0 Å². The Bertz CT molecular complexity index is 821. The summed E-state index contributed by atoms with van der Waals surface area (Å²) in [5.74, 6) is 1.88. The second kappa shape index (κ2) is 10.1. The molecule has 0 unspecified atom stereocenters. The molecule has 0 radical (unpaired) electrons. The van der Waals surface area contributed by atoms with Gasteiger partial charge < -0.3 is 9.26 Å². The first-order valence-corrected chi connectivity index (χ1v) is 12.3. The summed E-state index contributed by atoms with van der Waals surface area (Å²) in [6, 6.07) is 4.69. The van der Waals surface area contributed by atoms with Gasteiger partial charge in [0.05, 0.1) is 12.1 Å². The first kappa shape index (κ1) is 20.9. The predicted octanol–water partition coefficient (Wildman–Crippen LogP) is 4.29. The molecule has 0 N–H and O–H groups in total. The lowest BCUT2D eigenvalue weighted by atomic mass is 9.94. The van der Waals surface area contributed by atoms with Crippen LogP contribution >= 0.6 is 0 Å². The molecule has 1 saturated heterocycles. The standard InChI is InChI=1S/C24H35N5O2/c1-3-8-19(9-4-1)29-16-14-28(15-17-29)18-22-26-23(27-31-22)21-12-7-13-25-24(21)30-20-10-5-2-6-11-20/h7,12-13,19-20H,1-6,8-11,14-18H2. The van der Waals surface area contributed by atoms with Gasteiger partial charge in [-0.15, -0.1) is 0 Å². The zero-order valence-electron chi connectivity index (χ0n) is 18.5. The van der Waals surface area contributed by atoms with E-state index in [1.807, 2.05) is 12.1 Å². The fourth-order valence-corrected chi connectivity index (χ4v) is 5.35. The molecule has 7 heteroatoms. The highest BCUT2D eigenvalue weighted by atomic mass is 16.5. The number of ether oxygens (including phenoxy) is 1. The average Bonchev–Trinajstić information content (AvgIpc) is 3.29. The minimum Gasteiger partial charge on any atom is -0.474 e. The Kier molecular flexibility index (Phi) is 6.80. The van der Waals surface area contributed by atoms with E-state index in [0.717, 1.165) is 50.6 Å². The number of piperazine rings is 1. The first-order valence-electron chi connectivity index (χ1n) is 12.3. The van der Waals surface area contributed by atoms with Gasteiger partial charge in [0.25, 0.3) is 0 Å². The third-order valence-corrected chi connectivity index (χ3v) is 7.17. The van der Waals surface area contributed by atoms with Gasteiger partial charge in [-0.25, -0.2) is 4.98 Å². The van der Waals surface area contributed by atoms with E-state index in [-0.39, 0.29) is 6.10 Å². The Morgan fingerprint density at radius 1 is 0.935 bits per heavy atom. The van der Waals surface area contributed by atoms with Gasteiger partial charge in [-0.3, -0.25) is 9.80 Å². The fraction of sp³-hybridized carbons (Fsp3) is 0.708. The quantitative estimate of drug-likeness (QED) is 0.684. The maximum Gasteiger partial charge on any atom is 0.241 e. The second-order valence-electron chi connectivity index (χ2n) is 9.35. The molecule has 0 aromatic carbocycles. The van der Waals surface area contributed by atoms with Crippen LogP contribution in [0, 0.1) is 0 Å². The third kappa shape index (κ3) is 5.26. The summed E-state index contributed by atoms with van der Waals surface area (Å²) in [5, 5.41) is 4.25. The number of hydrogen-bond donors (Lipinski definition) is 0. The Morgan fingerprint density at radius 2 is 1.68 bits per heavy atom. The molecule has 7 nitrogen and oxygen atoms in total. The van der Waals surface area contributed by atoms with Crippen LogP contribution < -0.4 is 4.74 Å². The smallest absolute Gasteiger partial charge is 0.241 e. The van der Waals surface area contributed by atoms with E-state index in [1.165, 1.54) is 51.4 Å². The number of aromatic nitrogens is 3. The van der Waals surface area contributed by atoms with E-state index >= 15 is 0 Å². The second-order valence-corrected chi connectivity index (χ2v) is 9.35. The van der Waals surface area contributed by atoms with Crippen LogP contribution in [0.5, 0.6) is 5.88 Å². The lowest BCUT2D eigenvalue weighted by Crippen LogP contribution is -2.50. The molecule has 2 aliphatic carbocycles. The molecular weight excluding hydrogens is 390 g/mol. The van der Waals surface area contributed by atoms with Crippen LogP contribution in [0.4, 0.5) is 0 Å². The summed E-state index contributed by atoms with van der Waals surface area (Å²) in [4.78, 5) is 14.3. The lowest BCUT2D eigenvalue weighted by Gasteiger charge is -2.40. The van der Waals surface area contributed by atoms with Crippen LogP contribution in [0.15, 0.2) is 22.9 Å². The van der Waals surface area contributed by atoms with Gasteiger partial charge in [0, 0.05) is 38.4 Å². The molecule has 3 aliphatic rings. The van der Waals surface area contributed by atoms with E-state index in [9.17, 15) is 0 Å². The molecule has 168 valence electrons. The number of rotatable bonds is 6. The van der Waals surface area contributed by atoms with Crippen molar-refractivity contribution in [2.75, 3.05) is 26.2 Å². The average molecular weight is 426 g/mol. The molecule has 0 amide bonds. The minimum atomic E-state index is 0.245. The van der Waals surface area contributed by atoms with Crippen LogP contribution in [0.1, 0.15) is 70.1 Å². The Balaban J connectivity index is 1.18. The van der Waals surface area contributed by atoms with Crippen LogP contribution in [-0.4, -0.2) is 63.2 Å². The molecule has 2 aromatic heterocycles. The largest absolute Gasteiger partial charge is 0.474 e. The van der Waals surface area contributed by atoms with Crippen molar-refractivity contribution in [3.63, 3.8) is 0 Å². The van der Waals surface area contributed by atoms with Crippen LogP contribution in [0.25, 0.3) is 11.4 Å². The van der Waals surface area contributed by atoms with Crippen molar-refractivity contribution in [3.8, 4) is 17.3 Å². The number of pyridine rings is 1. The van der Waals surface area contributed by atoms with E-state index in [1.54, 1.807) is 6.20 Å². The third-order valence-electron chi connectivity index (χ3n) is 7.17. The molecule has 2 saturated carbocycles. The van der Waals surface area contributed by atoms with E-state index in [0.29, 0.717) is 24.1 Å². The van der Waals surface area contributed by atoms with Crippen molar-refractivity contribution in [2.45, 2.75) is 82.9 Å². The van der Waals surface area contributed by atoms with Crippen LogP contribution in [-0.2, 0) is 6.54 Å². The molecule has 1 aliphatic heterocycles. The van der Waals surface area contributed by atoms with Crippen molar-refractivity contribution >= 4 is 0 Å². The maximum atomic E-state index is 6.22. The van der Waals surface area contributed by atoms with Crippen molar-refractivity contribution in [2.24, 2.45) is 0 Å². The van der Waals surface area contributed by atoms with Gasteiger partial charge in [0.2, 0.25) is 17.6 Å². The van der Waals surface area contributed by atoms with E-state index in [2.05, 4.69) is 24.9 Å². The van der Waals surface area contributed by atoms with Crippen LogP contribution in [0.2, 0.25) is 0 Å². The van der Waals surface area contributed by atoms with Crippen molar-refractivity contribution < 1.29 is 9.26 Å². The monoisotopic (exact) mass is 425 g/mol. The normalized spacial score (nSPS) is 22.6. The molecule has 0 bridgehead atoms.